The molecule has 1 aliphatic heterocycles. The molecule has 0 aliphatic carbocycles. The number of hydrogen-bond acceptors (Lipinski definition) is 6. The van der Waals surface area contributed by atoms with E-state index in [1.165, 1.54) is 12.7 Å². The van der Waals surface area contributed by atoms with E-state index in [9.17, 15) is 5.11 Å². The number of nitrogens with one attached hydrogen (secondary N) is 1. The summed E-state index contributed by atoms with van der Waals surface area (Å²) >= 11 is 12.4. The zero-order chi connectivity index (χ0) is 28.8. The summed E-state index contributed by atoms with van der Waals surface area (Å²) in [4.78, 5) is 13.4. The number of nitrogens with two attached hydrogens (primary N) is 1. The van der Waals surface area contributed by atoms with Crippen LogP contribution in [-0.2, 0) is 6.42 Å². The number of nitrogens with zero attached hydrogens (tertiary/aromatic N) is 3. The molecular weight excluding hydrogens is 565 g/mol. The van der Waals surface area contributed by atoms with Gasteiger partial charge >= 0.3 is 0 Å². The van der Waals surface area contributed by atoms with Crippen LogP contribution in [0.15, 0.2) is 70.6 Å². The number of methoxy groups -OCH3 is 1. The van der Waals surface area contributed by atoms with Gasteiger partial charge in [0.05, 0.1) is 26.1 Å². The first kappa shape index (κ1) is 28.8. The van der Waals surface area contributed by atoms with Gasteiger partial charge in [0, 0.05) is 46.2 Å². The highest BCUT2D eigenvalue weighted by molar-refractivity contribution is 6.31. The van der Waals surface area contributed by atoms with Crippen LogP contribution in [0.2, 0.25) is 10.0 Å². The van der Waals surface area contributed by atoms with E-state index in [1.807, 2.05) is 41.3 Å². The topological polar surface area (TPSA) is 118 Å². The number of aromatic amines is 1. The van der Waals surface area contributed by atoms with Crippen molar-refractivity contribution in [2.75, 3.05) is 26.8 Å². The number of H-pyrrole nitrogens is 1. The number of aliphatic hydroxyl groups excluding tert-OH is 1. The van der Waals surface area contributed by atoms with Gasteiger partial charge in [-0.1, -0.05) is 29.3 Å². The molecule has 0 bridgehead atoms. The van der Waals surface area contributed by atoms with Crippen LogP contribution in [0, 0.1) is 0 Å². The number of aromatic nitrogens is 1. The van der Waals surface area contributed by atoms with Crippen LogP contribution < -0.4 is 19.9 Å². The third-order valence-electron chi connectivity index (χ3n) is 6.89. The molecule has 1 aromatic heterocycles. The quantitative estimate of drug-likeness (QED) is 0.0902. The van der Waals surface area contributed by atoms with E-state index >= 15 is 0 Å². The molecule has 4 N–H and O–H groups in total. The van der Waals surface area contributed by atoms with Gasteiger partial charge in [-0.2, -0.15) is 0 Å². The van der Waals surface area contributed by atoms with Crippen molar-refractivity contribution in [3.05, 3.63) is 87.5 Å². The number of rotatable bonds is 11. The summed E-state index contributed by atoms with van der Waals surface area (Å²) in [6.45, 7) is 1.51. The summed E-state index contributed by atoms with van der Waals surface area (Å²) < 4.78 is 17.7. The molecule has 4 aromatic rings. The lowest BCUT2D eigenvalue weighted by Crippen LogP contribution is -2.46. The number of aliphatic imine (C=N–C) groups is 2. The lowest BCUT2D eigenvalue weighted by atomic mass is 9.92. The van der Waals surface area contributed by atoms with E-state index in [1.54, 1.807) is 31.4 Å². The van der Waals surface area contributed by atoms with Gasteiger partial charge in [0.1, 0.15) is 12.1 Å². The maximum atomic E-state index is 11.4. The standard InChI is InChI=1S/C30H31Cl2N5O4/c1-39-26-10-3-19(15-27(26)40-14-2-12-34-18-35-17-33)29-28-23(24-16-21(32)6-9-25(24)36-28)11-13-37(29)30(38)41-22-7-4-20(31)5-8-22/h3-10,15-18,29-30,36,38H,2,11-14H2,1H3,(H2,33,34,35). The Hall–Kier alpha value is -3.76. The minimum Gasteiger partial charge on any atom is -0.493 e. The average Bonchev–Trinajstić information content (AvgIpc) is 3.35. The van der Waals surface area contributed by atoms with Crippen molar-refractivity contribution >= 4 is 46.8 Å². The van der Waals surface area contributed by atoms with E-state index < -0.39 is 6.41 Å². The fraction of sp³-hybridized carbons (Fsp3) is 0.267. The Morgan fingerprint density at radius 3 is 2.68 bits per heavy atom. The highest BCUT2D eigenvalue weighted by Crippen LogP contribution is 2.42. The van der Waals surface area contributed by atoms with Gasteiger partial charge in [0.15, 0.2) is 11.5 Å². The Morgan fingerprint density at radius 1 is 1.10 bits per heavy atom. The van der Waals surface area contributed by atoms with Crippen LogP contribution in [0.1, 0.15) is 29.3 Å². The van der Waals surface area contributed by atoms with E-state index in [2.05, 4.69) is 15.0 Å². The van der Waals surface area contributed by atoms with Crippen molar-refractivity contribution in [2.45, 2.75) is 25.3 Å². The second kappa shape index (κ2) is 13.3. The summed E-state index contributed by atoms with van der Waals surface area (Å²) in [5.74, 6) is 1.70. The smallest absolute Gasteiger partial charge is 0.260 e. The molecule has 0 saturated heterocycles. The predicted octanol–water partition coefficient (Wildman–Crippen LogP) is 5.57. The molecule has 3 aromatic carbocycles. The number of hydrogen-bond donors (Lipinski definition) is 3. The fourth-order valence-electron chi connectivity index (χ4n) is 5.04. The average molecular weight is 597 g/mol. The predicted molar refractivity (Wildman–Crippen MR) is 163 cm³/mol. The summed E-state index contributed by atoms with van der Waals surface area (Å²) in [6.07, 6.45) is 2.75. The van der Waals surface area contributed by atoms with Gasteiger partial charge in [0.25, 0.3) is 6.41 Å². The molecule has 2 atom stereocenters. The van der Waals surface area contributed by atoms with Crippen LogP contribution >= 0.6 is 23.2 Å². The van der Waals surface area contributed by atoms with E-state index in [4.69, 9.17) is 43.1 Å². The van der Waals surface area contributed by atoms with Gasteiger partial charge in [-0.15, -0.1) is 0 Å². The van der Waals surface area contributed by atoms with Gasteiger partial charge in [0.2, 0.25) is 0 Å². The van der Waals surface area contributed by atoms with E-state index in [0.29, 0.717) is 59.8 Å². The fourth-order valence-corrected chi connectivity index (χ4v) is 5.33. The third-order valence-corrected chi connectivity index (χ3v) is 7.38. The number of halogens is 2. The van der Waals surface area contributed by atoms with E-state index in [0.717, 1.165) is 27.7 Å². The third kappa shape index (κ3) is 6.60. The number of aliphatic hydroxyl groups is 1. The highest BCUT2D eigenvalue weighted by Gasteiger charge is 2.36. The molecule has 2 heterocycles. The highest BCUT2D eigenvalue weighted by atomic mass is 35.5. The van der Waals surface area contributed by atoms with Crippen LogP contribution in [0.3, 0.4) is 0 Å². The molecule has 2 unspecified atom stereocenters. The van der Waals surface area contributed by atoms with Crippen LogP contribution in [0.25, 0.3) is 10.9 Å². The van der Waals surface area contributed by atoms with Crippen molar-refractivity contribution in [1.82, 2.24) is 9.88 Å². The zero-order valence-corrected chi connectivity index (χ0v) is 24.0. The molecule has 0 spiro atoms. The van der Waals surface area contributed by atoms with E-state index in [-0.39, 0.29) is 6.04 Å². The minimum absolute atomic E-state index is 0.376. The molecular formula is C30H31Cl2N5O4. The minimum atomic E-state index is -1.23. The maximum absolute atomic E-state index is 11.4. The summed E-state index contributed by atoms with van der Waals surface area (Å²) in [6, 6.07) is 18.1. The molecule has 0 radical (unpaired) electrons. The number of fused-ring (bicyclic) bond motifs is 3. The van der Waals surface area contributed by atoms with Crippen molar-refractivity contribution < 1.29 is 19.3 Å². The van der Waals surface area contributed by atoms with Crippen LogP contribution in [0.5, 0.6) is 17.2 Å². The lowest BCUT2D eigenvalue weighted by molar-refractivity contribution is -0.150. The normalized spacial score (nSPS) is 16.3. The molecule has 41 heavy (non-hydrogen) atoms. The Kier molecular flexibility index (Phi) is 9.31. The van der Waals surface area contributed by atoms with Crippen molar-refractivity contribution in [3.63, 3.8) is 0 Å². The van der Waals surface area contributed by atoms with Gasteiger partial charge < -0.3 is 30.0 Å². The van der Waals surface area contributed by atoms with Gasteiger partial charge in [-0.3, -0.25) is 4.99 Å². The largest absolute Gasteiger partial charge is 0.493 e. The molecule has 0 amide bonds. The lowest BCUT2D eigenvalue weighted by Gasteiger charge is -2.38. The summed E-state index contributed by atoms with van der Waals surface area (Å²) in [7, 11) is 1.60. The van der Waals surface area contributed by atoms with Crippen molar-refractivity contribution in [1.29, 1.82) is 0 Å². The van der Waals surface area contributed by atoms with Crippen LogP contribution in [0.4, 0.5) is 0 Å². The summed E-state index contributed by atoms with van der Waals surface area (Å²) in [5, 5.41) is 13.7. The van der Waals surface area contributed by atoms with Crippen LogP contribution in [-0.4, -0.2) is 60.9 Å². The van der Waals surface area contributed by atoms with Gasteiger partial charge in [-0.25, -0.2) is 9.89 Å². The van der Waals surface area contributed by atoms with Crippen molar-refractivity contribution in [3.8, 4) is 17.2 Å². The van der Waals surface area contributed by atoms with Gasteiger partial charge in [-0.05, 0) is 72.1 Å². The number of ether oxygens (including phenoxy) is 3. The second-order valence-corrected chi connectivity index (χ2v) is 10.3. The zero-order valence-electron chi connectivity index (χ0n) is 22.5. The Labute approximate surface area is 248 Å². The van der Waals surface area contributed by atoms with Crippen molar-refractivity contribution in [2.24, 2.45) is 15.7 Å². The second-order valence-electron chi connectivity index (χ2n) is 9.43. The first-order chi connectivity index (χ1) is 20.0. The first-order valence-corrected chi connectivity index (χ1v) is 13.9. The molecule has 0 saturated carbocycles. The number of benzene rings is 3. The molecule has 214 valence electrons. The molecule has 0 fully saturated rings. The first-order valence-electron chi connectivity index (χ1n) is 13.2. The Balaban J connectivity index is 1.48. The Bertz CT molecular complexity index is 1540. The summed E-state index contributed by atoms with van der Waals surface area (Å²) in [5.41, 5.74) is 9.20. The molecule has 1 aliphatic rings. The molecule has 9 nitrogen and oxygen atoms in total. The maximum Gasteiger partial charge on any atom is 0.260 e. The molecule has 11 heteroatoms. The SMILES string of the molecule is COc1ccc(C2c3[nH]c4ccc(Cl)cc4c3CCN2C(O)Oc2ccc(Cl)cc2)cc1OCCCN=CN=CN. The monoisotopic (exact) mass is 595 g/mol. The Morgan fingerprint density at radius 2 is 1.90 bits per heavy atom. The molecule has 5 rings (SSSR count).